The van der Waals surface area contributed by atoms with E-state index in [0.717, 1.165) is 38.5 Å². The van der Waals surface area contributed by atoms with Gasteiger partial charge < -0.3 is 23.7 Å². The lowest BCUT2D eigenvalue weighted by atomic mass is 10.2. The molecule has 4 atom stereocenters. The Morgan fingerprint density at radius 3 is 1.51 bits per heavy atom. The van der Waals surface area contributed by atoms with Gasteiger partial charge in [-0.1, -0.05) is 51.4 Å². The van der Waals surface area contributed by atoms with Crippen LogP contribution in [0, 0.1) is 23.7 Å². The fraction of sp³-hybridized carbons (Fsp3) is 0.786. The molecule has 7 heteroatoms. The third-order valence-corrected chi connectivity index (χ3v) is 4.80. The Bertz CT molecular complexity index is 683. The highest BCUT2D eigenvalue weighted by Gasteiger charge is 2.13. The van der Waals surface area contributed by atoms with Gasteiger partial charge in [-0.25, -0.2) is 9.59 Å². The Morgan fingerprint density at radius 2 is 1.03 bits per heavy atom. The molecule has 0 aliphatic heterocycles. The van der Waals surface area contributed by atoms with Gasteiger partial charge in [-0.2, -0.15) is 0 Å². The van der Waals surface area contributed by atoms with E-state index in [4.69, 9.17) is 23.7 Å². The molecule has 0 aromatic carbocycles. The Morgan fingerprint density at radius 1 is 0.600 bits per heavy atom. The van der Waals surface area contributed by atoms with E-state index in [2.05, 4.69) is 37.5 Å². The summed E-state index contributed by atoms with van der Waals surface area (Å²) in [6.45, 7) is 12.8. The molecule has 0 N–H and O–H groups in total. The van der Waals surface area contributed by atoms with Crippen LogP contribution in [0.25, 0.3) is 0 Å². The van der Waals surface area contributed by atoms with Crippen LogP contribution in [0.4, 0.5) is 0 Å². The summed E-state index contributed by atoms with van der Waals surface area (Å²) in [6, 6.07) is 0. The molecule has 0 aliphatic rings. The number of rotatable bonds is 18. The lowest BCUT2D eigenvalue weighted by Gasteiger charge is -2.20. The minimum atomic E-state index is -0.522. The second kappa shape index (κ2) is 22.4. The van der Waals surface area contributed by atoms with Gasteiger partial charge in [-0.05, 0) is 40.5 Å². The van der Waals surface area contributed by atoms with Crippen LogP contribution in [-0.2, 0) is 33.3 Å². The van der Waals surface area contributed by atoms with Crippen molar-refractivity contribution in [1.29, 1.82) is 0 Å². The van der Waals surface area contributed by atoms with E-state index in [-0.39, 0.29) is 37.6 Å². The maximum absolute atomic E-state index is 11.7. The molecular weight excluding hydrogens is 448 g/mol. The lowest BCUT2D eigenvalue weighted by Crippen LogP contribution is -2.29. The molecule has 0 heterocycles. The SMILES string of the molecule is CCCCCC#CC(=O)OCC(C)OCC(C)OCC(C)OCC(C)OC(=O)C#CCCCCC. The second-order valence-corrected chi connectivity index (χ2v) is 8.76. The first kappa shape index (κ1) is 32.9. The van der Waals surface area contributed by atoms with Gasteiger partial charge >= 0.3 is 11.9 Å². The smallest absolute Gasteiger partial charge is 0.384 e. The molecule has 0 aromatic rings. The fourth-order valence-electron chi connectivity index (χ4n) is 2.72. The molecule has 4 unspecified atom stereocenters. The number of hydrogen-bond acceptors (Lipinski definition) is 7. The molecular formula is C28H46O7. The topological polar surface area (TPSA) is 80.3 Å². The van der Waals surface area contributed by atoms with E-state index < -0.39 is 11.9 Å². The van der Waals surface area contributed by atoms with E-state index in [1.54, 1.807) is 6.92 Å². The van der Waals surface area contributed by atoms with E-state index in [1.165, 1.54) is 0 Å². The number of hydrogen-bond donors (Lipinski definition) is 0. The highest BCUT2D eigenvalue weighted by atomic mass is 16.6. The summed E-state index contributed by atoms with van der Waals surface area (Å²) in [5.74, 6) is 9.65. The van der Waals surface area contributed by atoms with Crippen LogP contribution in [0.2, 0.25) is 0 Å². The quantitative estimate of drug-likeness (QED) is 0.117. The predicted molar refractivity (Wildman–Crippen MR) is 137 cm³/mol. The van der Waals surface area contributed by atoms with E-state index in [1.807, 2.05) is 20.8 Å². The number of carbonyl (C=O) groups is 2. The van der Waals surface area contributed by atoms with Gasteiger partial charge in [-0.15, -0.1) is 0 Å². The summed E-state index contributed by atoms with van der Waals surface area (Å²) >= 11 is 0. The highest BCUT2D eigenvalue weighted by molar-refractivity contribution is 5.88. The van der Waals surface area contributed by atoms with Crippen molar-refractivity contribution in [3.05, 3.63) is 0 Å². The van der Waals surface area contributed by atoms with Crippen molar-refractivity contribution in [1.82, 2.24) is 0 Å². The summed E-state index contributed by atoms with van der Waals surface area (Å²) < 4.78 is 27.5. The molecule has 0 aliphatic carbocycles. The second-order valence-electron chi connectivity index (χ2n) is 8.76. The molecule has 200 valence electrons. The number of esters is 2. The molecule has 0 bridgehead atoms. The van der Waals surface area contributed by atoms with Gasteiger partial charge in [0, 0.05) is 24.7 Å². The summed E-state index contributed by atoms with van der Waals surface area (Å²) in [6.07, 6.45) is 6.92. The number of ether oxygens (including phenoxy) is 5. The van der Waals surface area contributed by atoms with Gasteiger partial charge in [0.05, 0.1) is 38.1 Å². The fourth-order valence-corrected chi connectivity index (χ4v) is 2.72. The van der Waals surface area contributed by atoms with Crippen LogP contribution in [0.15, 0.2) is 0 Å². The predicted octanol–water partition coefficient (Wildman–Crippen LogP) is 4.84. The minimum absolute atomic E-state index is 0.147. The standard InChI is InChI=1S/C28H46O7/c1-7-9-11-13-15-17-27(29)34-21-25(5)32-19-23(3)31-20-24(4)33-22-26(6)35-28(30)18-16-14-12-10-8-2/h23-26H,7-14,19-22H2,1-6H3. The van der Waals surface area contributed by atoms with Crippen molar-refractivity contribution >= 4 is 11.9 Å². The van der Waals surface area contributed by atoms with Crippen LogP contribution in [0.5, 0.6) is 0 Å². The van der Waals surface area contributed by atoms with Gasteiger partial charge in [0.25, 0.3) is 0 Å². The molecule has 7 nitrogen and oxygen atoms in total. The molecule has 0 aromatic heterocycles. The Hall–Kier alpha value is -2.06. The molecule has 0 saturated carbocycles. The average Bonchev–Trinajstić information content (AvgIpc) is 2.83. The van der Waals surface area contributed by atoms with E-state index >= 15 is 0 Å². The minimum Gasteiger partial charge on any atom is -0.453 e. The normalized spacial score (nSPS) is 13.9. The van der Waals surface area contributed by atoms with Gasteiger partial charge in [-0.3, -0.25) is 0 Å². The first-order valence-corrected chi connectivity index (χ1v) is 13.0. The van der Waals surface area contributed by atoms with Crippen molar-refractivity contribution in [3.63, 3.8) is 0 Å². The Labute approximate surface area is 212 Å². The first-order chi connectivity index (χ1) is 16.8. The lowest BCUT2D eigenvalue weighted by molar-refractivity contribution is -0.146. The van der Waals surface area contributed by atoms with Crippen LogP contribution in [-0.4, -0.2) is 62.8 Å². The summed E-state index contributed by atoms with van der Waals surface area (Å²) in [4.78, 5) is 23.3. The Kier molecular flexibility index (Phi) is 21.1. The first-order valence-electron chi connectivity index (χ1n) is 13.0. The molecule has 0 saturated heterocycles. The number of unbranched alkanes of at least 4 members (excludes halogenated alkanes) is 6. The molecule has 0 amide bonds. The Balaban J connectivity index is 3.92. The van der Waals surface area contributed by atoms with E-state index in [0.29, 0.717) is 26.1 Å². The maximum Gasteiger partial charge on any atom is 0.384 e. The largest absolute Gasteiger partial charge is 0.453 e. The molecule has 0 spiro atoms. The van der Waals surface area contributed by atoms with Crippen LogP contribution in [0.3, 0.4) is 0 Å². The van der Waals surface area contributed by atoms with Crippen molar-refractivity contribution in [3.8, 4) is 23.7 Å². The summed E-state index contributed by atoms with van der Waals surface area (Å²) in [5.41, 5.74) is 0. The van der Waals surface area contributed by atoms with Gasteiger partial charge in [0.15, 0.2) is 0 Å². The third-order valence-electron chi connectivity index (χ3n) is 4.80. The monoisotopic (exact) mass is 494 g/mol. The average molecular weight is 495 g/mol. The van der Waals surface area contributed by atoms with Crippen molar-refractivity contribution in [2.45, 2.75) is 117 Å². The zero-order valence-corrected chi connectivity index (χ0v) is 22.7. The zero-order chi connectivity index (χ0) is 26.3. The summed E-state index contributed by atoms with van der Waals surface area (Å²) in [5, 5.41) is 0. The van der Waals surface area contributed by atoms with Crippen molar-refractivity contribution in [2.75, 3.05) is 26.4 Å². The molecule has 0 fully saturated rings. The van der Waals surface area contributed by atoms with Crippen LogP contribution in [0.1, 0.15) is 92.9 Å². The van der Waals surface area contributed by atoms with Crippen molar-refractivity contribution in [2.24, 2.45) is 0 Å². The molecule has 0 radical (unpaired) electrons. The third kappa shape index (κ3) is 22.2. The van der Waals surface area contributed by atoms with Crippen molar-refractivity contribution < 1.29 is 33.3 Å². The van der Waals surface area contributed by atoms with E-state index in [9.17, 15) is 9.59 Å². The number of carbonyl (C=O) groups excluding carboxylic acids is 2. The molecule has 35 heavy (non-hydrogen) atoms. The van der Waals surface area contributed by atoms with Crippen LogP contribution >= 0.6 is 0 Å². The zero-order valence-electron chi connectivity index (χ0n) is 22.7. The van der Waals surface area contributed by atoms with Gasteiger partial charge in [0.2, 0.25) is 0 Å². The maximum atomic E-state index is 11.7. The highest BCUT2D eigenvalue weighted by Crippen LogP contribution is 2.03. The summed E-state index contributed by atoms with van der Waals surface area (Å²) in [7, 11) is 0. The molecule has 0 rings (SSSR count). The van der Waals surface area contributed by atoms with Crippen LogP contribution < -0.4 is 0 Å². The van der Waals surface area contributed by atoms with Gasteiger partial charge in [0.1, 0.15) is 12.7 Å².